The molecule has 0 fully saturated rings. The van der Waals surface area contributed by atoms with Crippen molar-refractivity contribution in [2.75, 3.05) is 0 Å². The van der Waals surface area contributed by atoms with Gasteiger partial charge in [0.15, 0.2) is 0 Å². The van der Waals surface area contributed by atoms with E-state index in [1.165, 1.54) is 0 Å². The van der Waals surface area contributed by atoms with Crippen molar-refractivity contribution in [3.63, 3.8) is 0 Å². The first-order valence-corrected chi connectivity index (χ1v) is 9.85. The summed E-state index contributed by atoms with van der Waals surface area (Å²) in [4.78, 5) is 12.9. The maximum Gasteiger partial charge on any atom is 0.272 e. The lowest BCUT2D eigenvalue weighted by molar-refractivity contribution is 0.0955. The number of nitrogens with one attached hydrogen (secondary N) is 1. The molecule has 28 heavy (non-hydrogen) atoms. The van der Waals surface area contributed by atoms with Crippen molar-refractivity contribution in [3.8, 4) is 0 Å². The Hall–Kier alpha value is -3.50. The van der Waals surface area contributed by atoms with Gasteiger partial charge in [0.2, 0.25) is 0 Å². The predicted molar refractivity (Wildman–Crippen MR) is 116 cm³/mol. The van der Waals surface area contributed by atoms with E-state index in [-0.39, 0.29) is 5.91 Å². The van der Waals surface area contributed by atoms with Gasteiger partial charge in [0.25, 0.3) is 5.91 Å². The molecule has 0 bridgehead atoms. The van der Waals surface area contributed by atoms with Crippen LogP contribution in [0.5, 0.6) is 0 Å². The van der Waals surface area contributed by atoms with Crippen LogP contribution >= 0.6 is 11.3 Å². The predicted octanol–water partition coefficient (Wildman–Crippen LogP) is 5.45. The summed E-state index contributed by atoms with van der Waals surface area (Å²) in [5.41, 5.74) is 3.40. The fourth-order valence-electron chi connectivity index (χ4n) is 3.48. The number of amides is 1. The summed E-state index contributed by atoms with van der Waals surface area (Å²) in [6, 6.07) is 29.9. The molecule has 0 aliphatic rings. The Kier molecular flexibility index (Phi) is 4.11. The summed E-state index contributed by atoms with van der Waals surface area (Å²) in [5, 5.41) is 9.36. The molecule has 0 aliphatic heterocycles. The van der Waals surface area contributed by atoms with Gasteiger partial charge in [0.05, 0.1) is 0 Å². The summed E-state index contributed by atoms with van der Waals surface area (Å²) in [6.45, 7) is 0. The molecule has 0 saturated heterocycles. The van der Waals surface area contributed by atoms with Gasteiger partial charge in [-0.05, 0) is 29.0 Å². The van der Waals surface area contributed by atoms with E-state index in [1.807, 2.05) is 78.9 Å². The molecule has 0 unspecified atom stereocenters. The number of nitrogens with zero attached hydrogens (tertiary/aromatic N) is 1. The standard InChI is InChI=1S/C24H16N2OS/c27-24(18-13-7-9-16-8-1-2-10-17(16)18)26-25-23-19-11-3-5-14-21(19)28-22-15-6-4-12-20(22)23/h1-15H,(H,26,27). The zero-order valence-corrected chi connectivity index (χ0v) is 15.7. The molecule has 134 valence electrons. The topological polar surface area (TPSA) is 41.5 Å². The number of fused-ring (bicyclic) bond motifs is 3. The van der Waals surface area contributed by atoms with E-state index in [4.69, 9.17) is 0 Å². The van der Waals surface area contributed by atoms with Gasteiger partial charge >= 0.3 is 0 Å². The molecular weight excluding hydrogens is 364 g/mol. The maximum absolute atomic E-state index is 12.9. The van der Waals surface area contributed by atoms with Crippen LogP contribution in [0.25, 0.3) is 30.9 Å². The van der Waals surface area contributed by atoms with Crippen molar-refractivity contribution in [1.82, 2.24) is 5.43 Å². The van der Waals surface area contributed by atoms with Crippen LogP contribution in [0, 0.1) is 0 Å². The van der Waals surface area contributed by atoms with Crippen molar-refractivity contribution in [2.45, 2.75) is 0 Å². The molecule has 0 radical (unpaired) electrons. The molecule has 1 heterocycles. The average molecular weight is 380 g/mol. The second-order valence-corrected chi connectivity index (χ2v) is 7.61. The number of hydrogen-bond acceptors (Lipinski definition) is 3. The van der Waals surface area contributed by atoms with Crippen molar-refractivity contribution in [1.29, 1.82) is 0 Å². The molecule has 0 saturated carbocycles. The highest BCUT2D eigenvalue weighted by atomic mass is 32.1. The number of rotatable bonds is 2. The summed E-state index contributed by atoms with van der Waals surface area (Å²) in [6.07, 6.45) is 0. The third-order valence-corrected chi connectivity index (χ3v) is 5.96. The highest BCUT2D eigenvalue weighted by Gasteiger charge is 2.09. The SMILES string of the molecule is O=C(NN=c1c2ccccc2sc2ccccc12)c1cccc2ccccc12. The molecule has 5 aromatic rings. The van der Waals surface area contributed by atoms with Gasteiger partial charge in [0, 0.05) is 25.7 Å². The minimum Gasteiger partial charge on any atom is -0.267 e. The van der Waals surface area contributed by atoms with Gasteiger partial charge in [-0.25, -0.2) is 5.43 Å². The van der Waals surface area contributed by atoms with Crippen molar-refractivity contribution < 1.29 is 4.79 Å². The maximum atomic E-state index is 12.9. The summed E-state index contributed by atoms with van der Waals surface area (Å²) in [7, 11) is 0. The van der Waals surface area contributed by atoms with Gasteiger partial charge < -0.3 is 0 Å². The van der Waals surface area contributed by atoms with Gasteiger partial charge in [-0.3, -0.25) is 4.79 Å². The first-order valence-electron chi connectivity index (χ1n) is 9.04. The van der Waals surface area contributed by atoms with Gasteiger partial charge in [-0.2, -0.15) is 5.10 Å². The Morgan fingerprint density at radius 2 is 1.25 bits per heavy atom. The zero-order valence-electron chi connectivity index (χ0n) is 14.9. The smallest absolute Gasteiger partial charge is 0.267 e. The van der Waals surface area contributed by atoms with E-state index in [2.05, 4.69) is 22.7 Å². The zero-order chi connectivity index (χ0) is 18.9. The highest BCUT2D eigenvalue weighted by Crippen LogP contribution is 2.24. The molecule has 4 aromatic carbocycles. The lowest BCUT2D eigenvalue weighted by atomic mass is 10.0. The largest absolute Gasteiger partial charge is 0.272 e. The Morgan fingerprint density at radius 3 is 1.96 bits per heavy atom. The Morgan fingerprint density at radius 1 is 0.679 bits per heavy atom. The van der Waals surface area contributed by atoms with Crippen LogP contribution < -0.4 is 10.8 Å². The minimum absolute atomic E-state index is 0.211. The van der Waals surface area contributed by atoms with Crippen molar-refractivity contribution in [2.24, 2.45) is 5.10 Å². The first kappa shape index (κ1) is 16.7. The van der Waals surface area contributed by atoms with E-state index >= 15 is 0 Å². The van der Waals surface area contributed by atoms with Crippen LogP contribution in [0.4, 0.5) is 0 Å². The molecule has 0 aliphatic carbocycles. The summed E-state index contributed by atoms with van der Waals surface area (Å²) >= 11 is 1.73. The van der Waals surface area contributed by atoms with Crippen LogP contribution in [-0.4, -0.2) is 5.91 Å². The van der Waals surface area contributed by atoms with E-state index < -0.39 is 0 Å². The minimum atomic E-state index is -0.211. The number of hydrogen-bond donors (Lipinski definition) is 1. The Bertz CT molecular complexity index is 1360. The first-order chi connectivity index (χ1) is 13.8. The van der Waals surface area contributed by atoms with Gasteiger partial charge in [0.1, 0.15) is 5.36 Å². The molecule has 1 aromatic heterocycles. The van der Waals surface area contributed by atoms with Crippen LogP contribution in [-0.2, 0) is 0 Å². The second-order valence-electron chi connectivity index (χ2n) is 6.52. The number of benzene rings is 4. The quantitative estimate of drug-likeness (QED) is 0.321. The van der Waals surface area contributed by atoms with Crippen LogP contribution in [0.2, 0.25) is 0 Å². The highest BCUT2D eigenvalue weighted by molar-refractivity contribution is 7.24. The molecule has 1 amide bonds. The van der Waals surface area contributed by atoms with E-state index in [1.54, 1.807) is 11.3 Å². The fraction of sp³-hybridized carbons (Fsp3) is 0. The van der Waals surface area contributed by atoms with E-state index in [9.17, 15) is 4.79 Å². The van der Waals surface area contributed by atoms with E-state index in [0.29, 0.717) is 5.56 Å². The van der Waals surface area contributed by atoms with Crippen LogP contribution in [0.1, 0.15) is 10.4 Å². The summed E-state index contributed by atoms with van der Waals surface area (Å²) < 4.78 is 2.28. The van der Waals surface area contributed by atoms with Gasteiger partial charge in [-0.15, -0.1) is 11.3 Å². The Labute approximate surface area is 165 Å². The molecule has 1 N–H and O–H groups in total. The summed E-state index contributed by atoms with van der Waals surface area (Å²) in [5.74, 6) is -0.211. The second kappa shape index (κ2) is 6.91. The van der Waals surface area contributed by atoms with Crippen molar-refractivity contribution in [3.05, 3.63) is 102 Å². The molecule has 0 spiro atoms. The fourth-order valence-corrected chi connectivity index (χ4v) is 4.56. The molecule has 5 rings (SSSR count). The Balaban J connectivity index is 1.66. The third kappa shape index (κ3) is 2.84. The molecule has 4 heteroatoms. The third-order valence-electron chi connectivity index (χ3n) is 4.81. The number of carbonyl (C=O) groups is 1. The monoisotopic (exact) mass is 380 g/mol. The molecule has 0 atom stereocenters. The normalized spacial score (nSPS) is 11.0. The average Bonchev–Trinajstić information content (AvgIpc) is 2.76. The lowest BCUT2D eigenvalue weighted by Gasteiger charge is -2.06. The van der Waals surface area contributed by atoms with E-state index in [0.717, 1.165) is 36.3 Å². The lowest BCUT2D eigenvalue weighted by Crippen LogP contribution is -2.22. The molecule has 3 nitrogen and oxygen atoms in total. The molecular formula is C24H16N2OS. The van der Waals surface area contributed by atoms with Crippen molar-refractivity contribution >= 4 is 48.2 Å². The van der Waals surface area contributed by atoms with Gasteiger partial charge in [-0.1, -0.05) is 72.8 Å². The van der Waals surface area contributed by atoms with Crippen LogP contribution in [0.15, 0.2) is 96.1 Å². The number of carbonyl (C=O) groups excluding carboxylic acids is 1. The van der Waals surface area contributed by atoms with Crippen LogP contribution in [0.3, 0.4) is 0 Å².